The van der Waals surface area contributed by atoms with E-state index in [1.807, 2.05) is 6.92 Å². The molecule has 1 aromatic heterocycles. The van der Waals surface area contributed by atoms with Crippen molar-refractivity contribution in [3.05, 3.63) is 27.9 Å². The molecule has 0 spiro atoms. The average molecular weight is 291 g/mol. The van der Waals surface area contributed by atoms with Crippen LogP contribution in [-0.4, -0.2) is 15.9 Å². The van der Waals surface area contributed by atoms with E-state index in [4.69, 9.17) is 0 Å². The Hall–Kier alpha value is -1.65. The van der Waals surface area contributed by atoms with E-state index in [9.17, 15) is 10.1 Å². The van der Waals surface area contributed by atoms with Gasteiger partial charge in [0, 0.05) is 18.3 Å². The summed E-state index contributed by atoms with van der Waals surface area (Å²) in [6.45, 7) is 10.9. The van der Waals surface area contributed by atoms with Gasteiger partial charge in [0.05, 0.1) is 4.92 Å². The Bertz CT molecular complexity index is 536. The van der Waals surface area contributed by atoms with Crippen LogP contribution < -0.4 is 5.32 Å². The van der Waals surface area contributed by atoms with Gasteiger partial charge < -0.3 is 5.32 Å². The minimum Gasteiger partial charge on any atom is -0.362 e. The van der Waals surface area contributed by atoms with E-state index in [0.29, 0.717) is 5.82 Å². The van der Waals surface area contributed by atoms with Crippen molar-refractivity contribution in [2.24, 2.45) is 10.8 Å². The smallest absolute Gasteiger partial charge is 0.311 e. The van der Waals surface area contributed by atoms with Gasteiger partial charge >= 0.3 is 5.69 Å². The third kappa shape index (κ3) is 3.93. The van der Waals surface area contributed by atoms with Crippen LogP contribution >= 0.6 is 0 Å². The highest BCUT2D eigenvalue weighted by atomic mass is 16.6. The van der Waals surface area contributed by atoms with Gasteiger partial charge in [0.1, 0.15) is 0 Å². The van der Waals surface area contributed by atoms with Crippen LogP contribution in [0.15, 0.2) is 12.3 Å². The van der Waals surface area contributed by atoms with Crippen molar-refractivity contribution in [1.82, 2.24) is 4.98 Å². The molecule has 0 amide bonds. The van der Waals surface area contributed by atoms with E-state index in [0.717, 1.165) is 18.4 Å². The Morgan fingerprint density at radius 3 is 2.38 bits per heavy atom. The van der Waals surface area contributed by atoms with Crippen molar-refractivity contribution >= 4 is 11.5 Å². The molecule has 0 aliphatic heterocycles. The van der Waals surface area contributed by atoms with E-state index >= 15 is 0 Å². The lowest BCUT2D eigenvalue weighted by Gasteiger charge is -2.45. The fraction of sp³-hybridized carbons (Fsp3) is 0.688. The molecule has 21 heavy (non-hydrogen) atoms. The Morgan fingerprint density at radius 1 is 1.29 bits per heavy atom. The first kappa shape index (κ1) is 15.7. The molecule has 0 saturated heterocycles. The van der Waals surface area contributed by atoms with Crippen LogP contribution in [0, 0.1) is 27.9 Å². The fourth-order valence-electron chi connectivity index (χ4n) is 3.95. The van der Waals surface area contributed by atoms with E-state index in [1.165, 1.54) is 6.42 Å². The number of aryl methyl sites for hydroxylation is 1. The van der Waals surface area contributed by atoms with Crippen LogP contribution in [0.4, 0.5) is 11.5 Å². The van der Waals surface area contributed by atoms with Gasteiger partial charge in [0.15, 0.2) is 0 Å². The Morgan fingerprint density at radius 2 is 1.86 bits per heavy atom. The zero-order valence-corrected chi connectivity index (χ0v) is 13.6. The molecule has 1 fully saturated rings. The number of aromatic nitrogens is 1. The molecule has 116 valence electrons. The maximum Gasteiger partial charge on any atom is 0.311 e. The first-order valence-electron chi connectivity index (χ1n) is 7.46. The predicted octanol–water partition coefficient (Wildman–Crippen LogP) is 4.32. The van der Waals surface area contributed by atoms with Crippen molar-refractivity contribution in [3.63, 3.8) is 0 Å². The van der Waals surface area contributed by atoms with Gasteiger partial charge in [-0.15, -0.1) is 0 Å². The first-order valence-corrected chi connectivity index (χ1v) is 7.46. The lowest BCUT2D eigenvalue weighted by molar-refractivity contribution is -0.384. The van der Waals surface area contributed by atoms with Crippen molar-refractivity contribution in [1.29, 1.82) is 0 Å². The monoisotopic (exact) mass is 291 g/mol. The topological polar surface area (TPSA) is 68.1 Å². The SMILES string of the molecule is Cc1cnc(NC2CC(C)(C)CC(C)(C)C2)c([N+](=O)[O-])c1. The summed E-state index contributed by atoms with van der Waals surface area (Å²) >= 11 is 0. The minimum absolute atomic E-state index is 0.0659. The lowest BCUT2D eigenvalue weighted by atomic mass is 9.63. The third-order valence-electron chi connectivity index (χ3n) is 4.10. The van der Waals surface area contributed by atoms with Crippen LogP contribution in [0.1, 0.15) is 52.5 Å². The number of hydrogen-bond donors (Lipinski definition) is 1. The normalized spacial score (nSPS) is 21.0. The highest BCUT2D eigenvalue weighted by Gasteiger charge is 2.39. The van der Waals surface area contributed by atoms with E-state index < -0.39 is 0 Å². The summed E-state index contributed by atoms with van der Waals surface area (Å²) in [7, 11) is 0. The number of nitrogens with zero attached hydrogens (tertiary/aromatic N) is 2. The Kier molecular flexibility index (Phi) is 3.95. The van der Waals surface area contributed by atoms with Gasteiger partial charge in [-0.1, -0.05) is 27.7 Å². The highest BCUT2D eigenvalue weighted by Crippen LogP contribution is 2.46. The summed E-state index contributed by atoms with van der Waals surface area (Å²) in [6, 6.07) is 1.80. The molecule has 5 nitrogen and oxygen atoms in total. The third-order valence-corrected chi connectivity index (χ3v) is 4.10. The molecule has 0 aromatic carbocycles. The summed E-state index contributed by atoms with van der Waals surface area (Å²) < 4.78 is 0. The molecule has 1 aliphatic rings. The van der Waals surface area contributed by atoms with Crippen LogP contribution in [0.3, 0.4) is 0 Å². The summed E-state index contributed by atoms with van der Waals surface area (Å²) in [4.78, 5) is 15.1. The number of anilines is 1. The summed E-state index contributed by atoms with van der Waals surface area (Å²) in [5.41, 5.74) is 1.34. The number of hydrogen-bond acceptors (Lipinski definition) is 4. The molecule has 2 rings (SSSR count). The molecule has 5 heteroatoms. The van der Waals surface area contributed by atoms with E-state index in [2.05, 4.69) is 38.0 Å². The zero-order valence-electron chi connectivity index (χ0n) is 13.6. The second-order valence-electron chi connectivity index (χ2n) is 7.89. The van der Waals surface area contributed by atoms with Crippen molar-refractivity contribution in [2.75, 3.05) is 5.32 Å². The molecule has 0 radical (unpaired) electrons. The first-order chi connectivity index (χ1) is 9.58. The fourth-order valence-corrected chi connectivity index (χ4v) is 3.95. The van der Waals surface area contributed by atoms with Gasteiger partial charge in [-0.05, 0) is 42.6 Å². The second kappa shape index (κ2) is 5.28. The van der Waals surface area contributed by atoms with Gasteiger partial charge in [-0.25, -0.2) is 4.98 Å². The minimum atomic E-state index is -0.360. The lowest BCUT2D eigenvalue weighted by Crippen LogP contribution is -2.40. The largest absolute Gasteiger partial charge is 0.362 e. The zero-order chi connectivity index (χ0) is 15.8. The van der Waals surface area contributed by atoms with Crippen molar-refractivity contribution in [2.45, 2.75) is 59.9 Å². The molecule has 1 heterocycles. The van der Waals surface area contributed by atoms with Crippen molar-refractivity contribution in [3.8, 4) is 0 Å². The molecular weight excluding hydrogens is 266 g/mol. The van der Waals surface area contributed by atoms with Gasteiger partial charge in [-0.2, -0.15) is 0 Å². The Labute approximate surface area is 126 Å². The van der Waals surface area contributed by atoms with Gasteiger partial charge in [-0.3, -0.25) is 10.1 Å². The van der Waals surface area contributed by atoms with E-state index in [1.54, 1.807) is 12.3 Å². The van der Waals surface area contributed by atoms with E-state index in [-0.39, 0.29) is 27.5 Å². The van der Waals surface area contributed by atoms with Crippen LogP contribution in [0.2, 0.25) is 0 Å². The maximum atomic E-state index is 11.2. The average Bonchev–Trinajstić information content (AvgIpc) is 2.27. The second-order valence-corrected chi connectivity index (χ2v) is 7.89. The molecule has 1 aliphatic carbocycles. The Balaban J connectivity index is 2.24. The van der Waals surface area contributed by atoms with Gasteiger partial charge in [0.2, 0.25) is 5.82 Å². The molecule has 1 saturated carbocycles. The number of nitro groups is 1. The number of pyridine rings is 1. The molecule has 1 N–H and O–H groups in total. The maximum absolute atomic E-state index is 11.2. The molecule has 0 bridgehead atoms. The van der Waals surface area contributed by atoms with Crippen molar-refractivity contribution < 1.29 is 4.92 Å². The molecule has 0 unspecified atom stereocenters. The molecular formula is C16H25N3O2. The summed E-state index contributed by atoms with van der Waals surface area (Å²) in [5.74, 6) is 0.393. The number of nitrogens with one attached hydrogen (secondary N) is 1. The van der Waals surface area contributed by atoms with Crippen LogP contribution in [0.25, 0.3) is 0 Å². The molecule has 1 aromatic rings. The van der Waals surface area contributed by atoms with Crippen LogP contribution in [0.5, 0.6) is 0 Å². The molecule has 0 atom stereocenters. The number of rotatable bonds is 3. The highest BCUT2D eigenvalue weighted by molar-refractivity contribution is 5.57. The summed E-state index contributed by atoms with van der Waals surface area (Å²) in [5, 5.41) is 14.5. The van der Waals surface area contributed by atoms with Crippen LogP contribution in [-0.2, 0) is 0 Å². The summed E-state index contributed by atoms with van der Waals surface area (Å²) in [6.07, 6.45) is 4.85. The predicted molar refractivity (Wildman–Crippen MR) is 84.5 cm³/mol. The quantitative estimate of drug-likeness (QED) is 0.665. The standard InChI is InChI=1S/C16H25N3O2/c1-11-6-13(19(20)21)14(17-9-11)18-12-7-15(2,3)10-16(4,5)8-12/h6,9,12H,7-8,10H2,1-5H3,(H,17,18). The van der Waals surface area contributed by atoms with Gasteiger partial charge in [0.25, 0.3) is 0 Å².